The van der Waals surface area contributed by atoms with Crippen LogP contribution >= 0.6 is 22.7 Å². The minimum atomic E-state index is 0.880. The van der Waals surface area contributed by atoms with Gasteiger partial charge in [-0.25, -0.2) is 0 Å². The van der Waals surface area contributed by atoms with Gasteiger partial charge >= 0.3 is 0 Å². The fraction of sp³-hybridized carbons (Fsp3) is 0.0526. The van der Waals surface area contributed by atoms with Crippen LogP contribution in [0.5, 0.6) is 0 Å². The van der Waals surface area contributed by atoms with Crippen molar-refractivity contribution in [2.24, 2.45) is 0 Å². The molecule has 0 atom stereocenters. The predicted octanol–water partition coefficient (Wildman–Crippen LogP) is 6.31. The van der Waals surface area contributed by atoms with Crippen LogP contribution in [0.4, 0.5) is 5.00 Å². The van der Waals surface area contributed by atoms with E-state index in [-0.39, 0.29) is 0 Å². The summed E-state index contributed by atoms with van der Waals surface area (Å²) in [4.78, 5) is 1.36. The molecule has 3 heteroatoms. The van der Waals surface area contributed by atoms with Crippen molar-refractivity contribution in [2.45, 2.75) is 6.92 Å². The summed E-state index contributed by atoms with van der Waals surface area (Å²) in [6.45, 7) is 2.17. The van der Waals surface area contributed by atoms with Gasteiger partial charge in [0.25, 0.3) is 0 Å². The van der Waals surface area contributed by atoms with Crippen molar-refractivity contribution >= 4 is 69.4 Å². The van der Waals surface area contributed by atoms with E-state index >= 15 is 0 Å². The van der Waals surface area contributed by atoms with Crippen LogP contribution in [0.15, 0.2) is 48.5 Å². The summed E-state index contributed by atoms with van der Waals surface area (Å²) in [5, 5.41) is 8.71. The normalized spacial score (nSPS) is 12.0. The molecule has 5 rings (SSSR count). The van der Waals surface area contributed by atoms with Crippen molar-refractivity contribution in [3.63, 3.8) is 0 Å². The van der Waals surface area contributed by atoms with Crippen LogP contribution in [0.25, 0.3) is 41.7 Å². The lowest BCUT2D eigenvalue weighted by molar-refractivity contribution is 1.66. The predicted molar refractivity (Wildman–Crippen MR) is 101 cm³/mol. The third-order valence-corrected chi connectivity index (χ3v) is 6.19. The molecule has 22 heavy (non-hydrogen) atoms. The molecule has 0 bridgehead atoms. The van der Waals surface area contributed by atoms with Crippen LogP contribution in [0.1, 0.15) is 4.88 Å². The van der Waals surface area contributed by atoms with Gasteiger partial charge in [0.15, 0.2) is 0 Å². The van der Waals surface area contributed by atoms with E-state index in [0.717, 1.165) is 5.00 Å². The molecule has 0 aliphatic heterocycles. The number of hydrogen-bond donors (Lipinski definition) is 1. The zero-order chi connectivity index (χ0) is 14.8. The summed E-state index contributed by atoms with van der Waals surface area (Å²) in [6, 6.07) is 18.0. The maximum atomic E-state index is 5.96. The average molecular weight is 319 g/mol. The SMILES string of the molecule is Cc1cc2cc3ccc4cc5cc(N)sc5cc4c3cc2s1. The molecule has 0 saturated heterocycles. The summed E-state index contributed by atoms with van der Waals surface area (Å²) in [5.41, 5.74) is 5.96. The number of hydrogen-bond acceptors (Lipinski definition) is 3. The van der Waals surface area contributed by atoms with E-state index < -0.39 is 0 Å². The van der Waals surface area contributed by atoms with E-state index in [1.165, 1.54) is 46.6 Å². The number of anilines is 1. The summed E-state index contributed by atoms with van der Waals surface area (Å²) in [7, 11) is 0. The minimum absolute atomic E-state index is 0.880. The van der Waals surface area contributed by atoms with Crippen molar-refractivity contribution < 1.29 is 0 Å². The van der Waals surface area contributed by atoms with Crippen molar-refractivity contribution in [2.75, 3.05) is 5.73 Å². The van der Waals surface area contributed by atoms with E-state index in [9.17, 15) is 0 Å². The van der Waals surface area contributed by atoms with Gasteiger partial charge in [0.05, 0.1) is 5.00 Å². The molecule has 2 N–H and O–H groups in total. The Morgan fingerprint density at radius 3 is 1.95 bits per heavy atom. The Labute approximate surface area is 135 Å². The Morgan fingerprint density at radius 2 is 1.27 bits per heavy atom. The molecule has 0 aliphatic rings. The highest BCUT2D eigenvalue weighted by molar-refractivity contribution is 7.22. The highest BCUT2D eigenvalue weighted by Crippen LogP contribution is 2.37. The molecule has 0 unspecified atom stereocenters. The second kappa shape index (κ2) is 4.22. The largest absolute Gasteiger partial charge is 0.391 e. The summed E-state index contributed by atoms with van der Waals surface area (Å²) in [6.07, 6.45) is 0. The van der Waals surface area contributed by atoms with E-state index in [1.807, 2.05) is 11.3 Å². The van der Waals surface area contributed by atoms with Crippen LogP contribution in [0, 0.1) is 6.92 Å². The molecule has 0 spiro atoms. The molecule has 3 aromatic carbocycles. The summed E-state index contributed by atoms with van der Waals surface area (Å²) < 4.78 is 2.63. The van der Waals surface area contributed by atoms with Gasteiger partial charge in [-0.1, -0.05) is 12.1 Å². The second-order valence-electron chi connectivity index (χ2n) is 5.79. The first-order valence-corrected chi connectivity index (χ1v) is 8.86. The van der Waals surface area contributed by atoms with Crippen LogP contribution in [-0.4, -0.2) is 0 Å². The molecule has 0 saturated carbocycles. The summed E-state index contributed by atoms with van der Waals surface area (Å²) in [5.74, 6) is 0. The lowest BCUT2D eigenvalue weighted by Crippen LogP contribution is -1.78. The zero-order valence-corrected chi connectivity index (χ0v) is 13.6. The Hall–Kier alpha value is -2.10. The summed E-state index contributed by atoms with van der Waals surface area (Å²) >= 11 is 3.53. The minimum Gasteiger partial charge on any atom is -0.391 e. The van der Waals surface area contributed by atoms with Gasteiger partial charge in [0.2, 0.25) is 0 Å². The van der Waals surface area contributed by atoms with E-state index in [4.69, 9.17) is 5.73 Å². The fourth-order valence-electron chi connectivity index (χ4n) is 3.28. The maximum Gasteiger partial charge on any atom is 0.0868 e. The van der Waals surface area contributed by atoms with Crippen LogP contribution in [0.3, 0.4) is 0 Å². The molecule has 0 fully saturated rings. The molecule has 106 valence electrons. The lowest BCUT2D eigenvalue weighted by Gasteiger charge is -2.05. The molecule has 5 aromatic rings. The standard InChI is InChI=1S/C19H13NS2/c1-10-4-13-5-11-2-3-12-6-14-7-19(20)22-18(14)9-16(12)15(11)8-17(13)21-10/h2-9H,20H2,1H3. The average Bonchev–Trinajstić information content (AvgIpc) is 3.02. The van der Waals surface area contributed by atoms with Crippen LogP contribution in [0.2, 0.25) is 0 Å². The molecule has 2 aromatic heterocycles. The quantitative estimate of drug-likeness (QED) is 0.332. The van der Waals surface area contributed by atoms with Gasteiger partial charge in [-0.05, 0) is 75.6 Å². The molecule has 0 radical (unpaired) electrons. The molecule has 2 heterocycles. The van der Waals surface area contributed by atoms with Gasteiger partial charge in [0.1, 0.15) is 0 Å². The Morgan fingerprint density at radius 1 is 0.682 bits per heavy atom. The molecular weight excluding hydrogens is 306 g/mol. The number of nitrogen functional groups attached to an aromatic ring is 1. The van der Waals surface area contributed by atoms with E-state index in [0.29, 0.717) is 0 Å². The third kappa shape index (κ3) is 1.70. The van der Waals surface area contributed by atoms with Gasteiger partial charge in [-0.2, -0.15) is 0 Å². The fourth-order valence-corrected chi connectivity index (χ4v) is 5.08. The number of aryl methyl sites for hydroxylation is 1. The van der Waals surface area contributed by atoms with Gasteiger partial charge in [-0.3, -0.25) is 0 Å². The highest BCUT2D eigenvalue weighted by atomic mass is 32.1. The smallest absolute Gasteiger partial charge is 0.0868 e. The third-order valence-electron chi connectivity index (χ3n) is 4.25. The number of fused-ring (bicyclic) bond motifs is 5. The topological polar surface area (TPSA) is 26.0 Å². The Kier molecular flexibility index (Phi) is 2.38. The van der Waals surface area contributed by atoms with Crippen molar-refractivity contribution in [1.29, 1.82) is 0 Å². The first kappa shape index (κ1) is 12.4. The molecule has 0 aliphatic carbocycles. The Balaban J connectivity index is 1.99. The van der Waals surface area contributed by atoms with Crippen molar-refractivity contribution in [1.82, 2.24) is 0 Å². The monoisotopic (exact) mass is 319 g/mol. The number of thiophene rings is 2. The van der Waals surface area contributed by atoms with Crippen LogP contribution < -0.4 is 5.73 Å². The van der Waals surface area contributed by atoms with Crippen molar-refractivity contribution in [3.8, 4) is 0 Å². The lowest BCUT2D eigenvalue weighted by atomic mass is 10.00. The van der Waals surface area contributed by atoms with Crippen LogP contribution in [-0.2, 0) is 0 Å². The number of nitrogens with two attached hydrogens (primary N) is 1. The molecule has 1 nitrogen and oxygen atoms in total. The van der Waals surface area contributed by atoms with Gasteiger partial charge in [-0.15, -0.1) is 22.7 Å². The highest BCUT2D eigenvalue weighted by Gasteiger charge is 2.07. The molecular formula is C19H13NS2. The zero-order valence-electron chi connectivity index (χ0n) is 12.0. The Bertz CT molecular complexity index is 1100. The maximum absolute atomic E-state index is 5.96. The van der Waals surface area contributed by atoms with E-state index in [2.05, 4.69) is 55.5 Å². The van der Waals surface area contributed by atoms with Crippen molar-refractivity contribution in [3.05, 3.63) is 53.4 Å². The molecule has 0 amide bonds. The first-order chi connectivity index (χ1) is 10.7. The van der Waals surface area contributed by atoms with E-state index in [1.54, 1.807) is 11.3 Å². The number of rotatable bonds is 0. The van der Waals surface area contributed by atoms with Gasteiger partial charge in [0, 0.05) is 14.3 Å². The first-order valence-electron chi connectivity index (χ1n) is 7.23. The second-order valence-corrected chi connectivity index (χ2v) is 8.20. The number of benzene rings is 3. The van der Waals surface area contributed by atoms with Gasteiger partial charge < -0.3 is 5.73 Å².